The van der Waals surface area contributed by atoms with Crippen LogP contribution in [0.15, 0.2) is 29.4 Å². The van der Waals surface area contributed by atoms with Crippen molar-refractivity contribution in [3.8, 4) is 0 Å². The summed E-state index contributed by atoms with van der Waals surface area (Å²) in [5, 5.41) is 10.3. The first-order chi connectivity index (χ1) is 19.1. The maximum atomic E-state index is 12.8. The summed E-state index contributed by atoms with van der Waals surface area (Å²) in [6.45, 7) is 6.64. The van der Waals surface area contributed by atoms with Crippen molar-refractivity contribution in [3.63, 3.8) is 0 Å². The Balaban J connectivity index is 1.57. The van der Waals surface area contributed by atoms with Crippen LogP contribution in [-0.4, -0.2) is 27.9 Å². The summed E-state index contributed by atoms with van der Waals surface area (Å²) in [5.41, 5.74) is 1.39. The number of carbonyl (C=O) groups is 2. The maximum Gasteiger partial charge on any atom is 0.224 e. The van der Waals surface area contributed by atoms with E-state index in [1.165, 1.54) is 95.4 Å². The van der Waals surface area contributed by atoms with Gasteiger partial charge in [0.1, 0.15) is 5.04 Å². The van der Waals surface area contributed by atoms with Crippen molar-refractivity contribution in [2.45, 2.75) is 149 Å². The summed E-state index contributed by atoms with van der Waals surface area (Å²) in [5.74, 6) is 0.0879. The number of rotatable bonds is 23. The molecule has 1 heterocycles. The molecule has 0 radical (unpaired) electrons. The van der Waals surface area contributed by atoms with E-state index >= 15 is 0 Å². The molecule has 39 heavy (non-hydrogen) atoms. The van der Waals surface area contributed by atoms with Crippen molar-refractivity contribution < 1.29 is 9.59 Å². The summed E-state index contributed by atoms with van der Waals surface area (Å²) in [6, 6.07) is 7.59. The minimum Gasteiger partial charge on any atom is -0.326 e. The molecule has 0 spiro atoms. The second-order valence-electron chi connectivity index (χ2n) is 11.0. The van der Waals surface area contributed by atoms with Crippen molar-refractivity contribution in [1.29, 1.82) is 0 Å². The lowest BCUT2D eigenvalue weighted by Gasteiger charge is -2.23. The molecule has 1 unspecified atom stereocenters. The first-order valence-corrected chi connectivity index (χ1v) is 16.6. The van der Waals surface area contributed by atoms with Crippen LogP contribution in [0.1, 0.15) is 153 Å². The van der Waals surface area contributed by atoms with Crippen LogP contribution in [0, 0.1) is 0 Å². The first kappa shape index (κ1) is 33.3. The second kappa shape index (κ2) is 21.0. The fourth-order valence-electron chi connectivity index (χ4n) is 4.93. The molecule has 1 amide bonds. The fraction of sp³-hybridized carbons (Fsp3) is 0.719. The smallest absolute Gasteiger partial charge is 0.224 e. The normalized spacial score (nSPS) is 13.9. The van der Waals surface area contributed by atoms with E-state index in [0.29, 0.717) is 18.0 Å². The van der Waals surface area contributed by atoms with Crippen LogP contribution in [0.2, 0.25) is 0 Å². The van der Waals surface area contributed by atoms with E-state index in [9.17, 15) is 9.59 Å². The molecule has 6 nitrogen and oxygen atoms in total. The van der Waals surface area contributed by atoms with E-state index in [1.807, 2.05) is 17.3 Å². The topological polar surface area (TPSA) is 73.8 Å². The minimum absolute atomic E-state index is 0.0383. The zero-order valence-corrected chi connectivity index (χ0v) is 25.8. The number of hydrazone groups is 1. The highest BCUT2D eigenvalue weighted by Gasteiger charge is 2.23. The van der Waals surface area contributed by atoms with Gasteiger partial charge >= 0.3 is 0 Å². The number of hydrogen-bond donors (Lipinski definition) is 2. The van der Waals surface area contributed by atoms with Gasteiger partial charge in [-0.3, -0.25) is 9.59 Å². The molecule has 1 atom stereocenters. The summed E-state index contributed by atoms with van der Waals surface area (Å²) < 4.78 is 0. The minimum atomic E-state index is 0.0383. The van der Waals surface area contributed by atoms with Crippen LogP contribution < -0.4 is 10.1 Å². The van der Waals surface area contributed by atoms with Gasteiger partial charge in [-0.05, 0) is 55.5 Å². The lowest BCUT2D eigenvalue weighted by molar-refractivity contribution is -0.116. The van der Waals surface area contributed by atoms with Crippen molar-refractivity contribution in [2.24, 2.45) is 5.10 Å². The Labute approximate surface area is 242 Å². The number of amides is 1. The molecule has 7 heteroatoms. The standard InChI is InChI=1S/C32H54N4O2S/c1-4-7-9-10-11-12-13-14-15-16-17-18-19-21-31(38)33-28-24-22-27(23-25-28)30(37)26-32-34-36(35-39-32)29(6-3)20-8-5-2/h22-25,29,35H,4-21,26H2,1-3H3,(H,33,38). The van der Waals surface area contributed by atoms with Crippen LogP contribution >= 0.6 is 11.9 Å². The van der Waals surface area contributed by atoms with Crippen molar-refractivity contribution in [2.75, 3.05) is 5.32 Å². The molecule has 0 saturated heterocycles. The number of anilines is 1. The molecule has 0 aliphatic carbocycles. The Kier molecular flexibility index (Phi) is 17.9. The second-order valence-corrected chi connectivity index (χ2v) is 11.8. The number of nitrogens with one attached hydrogen (secondary N) is 2. The average Bonchev–Trinajstić information content (AvgIpc) is 3.40. The SMILES string of the molecule is CCCCCCCCCCCCCCCC(=O)Nc1ccc(C(=O)CC2=NN(C(CC)CCCC)NS2)cc1. The molecule has 220 valence electrons. The quantitative estimate of drug-likeness (QED) is 0.0795. The van der Waals surface area contributed by atoms with Crippen LogP contribution in [-0.2, 0) is 4.79 Å². The maximum absolute atomic E-state index is 12.8. The third-order valence-electron chi connectivity index (χ3n) is 7.49. The number of unbranched alkanes of at least 4 members (excludes halogenated alkanes) is 13. The molecule has 1 aromatic rings. The summed E-state index contributed by atoms with van der Waals surface area (Å²) in [7, 11) is 0. The summed E-state index contributed by atoms with van der Waals surface area (Å²) >= 11 is 1.43. The molecular weight excluding hydrogens is 504 g/mol. The van der Waals surface area contributed by atoms with E-state index in [1.54, 1.807) is 12.1 Å². The van der Waals surface area contributed by atoms with Crippen LogP contribution in [0.3, 0.4) is 0 Å². The number of hydrazine groups is 1. The van der Waals surface area contributed by atoms with Gasteiger partial charge in [0.25, 0.3) is 0 Å². The lowest BCUT2D eigenvalue weighted by atomic mass is 10.0. The van der Waals surface area contributed by atoms with Gasteiger partial charge in [0.2, 0.25) is 5.91 Å². The molecule has 2 rings (SSSR count). The van der Waals surface area contributed by atoms with Crippen molar-refractivity contribution >= 4 is 34.4 Å². The first-order valence-electron chi connectivity index (χ1n) is 15.8. The molecule has 2 N–H and O–H groups in total. The molecule has 0 aromatic heterocycles. The van der Waals surface area contributed by atoms with Crippen LogP contribution in [0.5, 0.6) is 0 Å². The Morgan fingerprint density at radius 1 is 0.821 bits per heavy atom. The van der Waals surface area contributed by atoms with Gasteiger partial charge in [-0.2, -0.15) is 9.93 Å². The monoisotopic (exact) mass is 558 g/mol. The van der Waals surface area contributed by atoms with Crippen LogP contribution in [0.25, 0.3) is 0 Å². The highest BCUT2D eigenvalue weighted by atomic mass is 32.2. The molecular formula is C32H54N4O2S. The number of Topliss-reactive ketones (excluding diaryl/α,β-unsaturated/α-hetero) is 1. The Hall–Kier alpha value is -1.86. The number of hydrogen-bond acceptors (Lipinski definition) is 6. The van der Waals surface area contributed by atoms with Gasteiger partial charge in [0.05, 0.1) is 12.5 Å². The number of benzene rings is 1. The molecule has 0 saturated carbocycles. The molecule has 0 bridgehead atoms. The molecule has 1 aliphatic heterocycles. The van der Waals surface area contributed by atoms with Gasteiger partial charge < -0.3 is 5.32 Å². The molecule has 1 aromatic carbocycles. The highest BCUT2D eigenvalue weighted by molar-refractivity contribution is 8.12. The van der Waals surface area contributed by atoms with E-state index in [4.69, 9.17) is 0 Å². The zero-order valence-electron chi connectivity index (χ0n) is 24.9. The third kappa shape index (κ3) is 14.4. The van der Waals surface area contributed by atoms with Crippen molar-refractivity contribution in [3.05, 3.63) is 29.8 Å². The van der Waals surface area contributed by atoms with E-state index in [-0.39, 0.29) is 18.1 Å². The highest BCUT2D eigenvalue weighted by Crippen LogP contribution is 2.22. The van der Waals surface area contributed by atoms with E-state index < -0.39 is 0 Å². The fourth-order valence-corrected chi connectivity index (χ4v) is 5.65. The van der Waals surface area contributed by atoms with Gasteiger partial charge in [0, 0.05) is 17.7 Å². The zero-order chi connectivity index (χ0) is 28.1. The predicted octanol–water partition coefficient (Wildman–Crippen LogP) is 9.43. The molecule has 1 aliphatic rings. The Morgan fingerprint density at radius 3 is 1.95 bits per heavy atom. The summed E-state index contributed by atoms with van der Waals surface area (Å²) in [4.78, 5) is 28.4. The Bertz CT molecular complexity index is 843. The van der Waals surface area contributed by atoms with Crippen LogP contribution in [0.4, 0.5) is 5.69 Å². The number of carbonyl (C=O) groups excluding carboxylic acids is 2. The average molecular weight is 559 g/mol. The predicted molar refractivity (Wildman–Crippen MR) is 168 cm³/mol. The van der Waals surface area contributed by atoms with Crippen molar-refractivity contribution in [1.82, 2.24) is 9.95 Å². The molecule has 0 fully saturated rings. The van der Waals surface area contributed by atoms with Gasteiger partial charge in [-0.15, -0.1) is 0 Å². The number of ketones is 1. The van der Waals surface area contributed by atoms with Gasteiger partial charge in [-0.25, -0.2) is 5.12 Å². The largest absolute Gasteiger partial charge is 0.326 e. The number of nitrogens with zero attached hydrogens (tertiary/aromatic N) is 2. The summed E-state index contributed by atoms with van der Waals surface area (Å²) in [6.07, 6.45) is 22.2. The third-order valence-corrected chi connectivity index (χ3v) is 8.23. The van der Waals surface area contributed by atoms with Gasteiger partial charge in [-0.1, -0.05) is 111 Å². The van der Waals surface area contributed by atoms with E-state index in [2.05, 4.69) is 36.0 Å². The lowest BCUT2D eigenvalue weighted by Crippen LogP contribution is -2.34. The van der Waals surface area contributed by atoms with E-state index in [0.717, 1.165) is 36.4 Å². The Morgan fingerprint density at radius 2 is 1.38 bits per heavy atom. The van der Waals surface area contributed by atoms with Gasteiger partial charge in [0.15, 0.2) is 5.78 Å².